The summed E-state index contributed by atoms with van der Waals surface area (Å²) < 4.78 is 18.0. The zero-order chi connectivity index (χ0) is 20.7. The molecule has 0 amide bonds. The Hall–Kier alpha value is -1.26. The molecule has 0 radical (unpaired) electrons. The first-order valence-electron chi connectivity index (χ1n) is 10.2. The van der Waals surface area contributed by atoms with Gasteiger partial charge in [-0.25, -0.2) is 0 Å². The topological polar surface area (TPSA) is 27.7 Å². The number of fused-ring (bicyclic) bond motifs is 2. The van der Waals surface area contributed by atoms with Crippen LogP contribution in [0.25, 0.3) is 0 Å². The zero-order valence-corrected chi connectivity index (χ0v) is 18.9. The van der Waals surface area contributed by atoms with Gasteiger partial charge in [-0.05, 0) is 35.4 Å². The minimum Gasteiger partial charge on any atom is -0.454 e. The highest BCUT2D eigenvalue weighted by Crippen LogP contribution is 2.55. The van der Waals surface area contributed by atoms with Crippen LogP contribution >= 0.6 is 23.2 Å². The van der Waals surface area contributed by atoms with Crippen LogP contribution in [-0.4, -0.2) is 13.2 Å². The van der Waals surface area contributed by atoms with Gasteiger partial charge in [0, 0.05) is 27.9 Å². The van der Waals surface area contributed by atoms with Crippen LogP contribution in [0, 0.1) is 10.8 Å². The smallest absolute Gasteiger partial charge is 0.149 e. The van der Waals surface area contributed by atoms with Crippen LogP contribution in [0.1, 0.15) is 75.0 Å². The van der Waals surface area contributed by atoms with Crippen molar-refractivity contribution in [1.29, 1.82) is 0 Å². The van der Waals surface area contributed by atoms with Gasteiger partial charge in [0.05, 0.1) is 35.5 Å². The quantitative estimate of drug-likeness (QED) is 0.492. The van der Waals surface area contributed by atoms with Gasteiger partial charge in [-0.2, -0.15) is 0 Å². The summed E-state index contributed by atoms with van der Waals surface area (Å²) in [5.74, 6) is 1.50. The lowest BCUT2D eigenvalue weighted by atomic mass is 9.76. The summed E-state index contributed by atoms with van der Waals surface area (Å²) in [5, 5.41) is 1.20. The van der Waals surface area contributed by atoms with E-state index in [0.717, 1.165) is 35.5 Å². The third kappa shape index (κ3) is 2.93. The molecule has 3 heterocycles. The van der Waals surface area contributed by atoms with Crippen LogP contribution in [0.2, 0.25) is 10.0 Å². The Morgan fingerprint density at radius 3 is 1.48 bits per heavy atom. The number of halogens is 2. The van der Waals surface area contributed by atoms with Gasteiger partial charge in [-0.15, -0.1) is 0 Å². The highest BCUT2D eigenvalue weighted by molar-refractivity contribution is 6.33. The van der Waals surface area contributed by atoms with Crippen LogP contribution in [0.3, 0.4) is 0 Å². The molecule has 3 nitrogen and oxygen atoms in total. The molecule has 0 bridgehead atoms. The Bertz CT molecular complexity index is 932. The lowest BCUT2D eigenvalue weighted by molar-refractivity contribution is -0.172. The maximum atomic E-state index is 6.66. The second-order valence-corrected chi connectivity index (χ2v) is 10.8. The number of hydrogen-bond acceptors (Lipinski definition) is 3. The Labute approximate surface area is 182 Å². The summed E-state index contributed by atoms with van der Waals surface area (Å²) in [5.41, 5.74) is 4.58. The fraction of sp³-hybridized carbons (Fsp3) is 0.500. The van der Waals surface area contributed by atoms with Gasteiger partial charge in [-0.1, -0.05) is 57.8 Å². The van der Waals surface area contributed by atoms with E-state index in [0.29, 0.717) is 21.5 Å². The van der Waals surface area contributed by atoms with Crippen LogP contribution < -0.4 is 4.74 Å². The van der Waals surface area contributed by atoms with Crippen molar-refractivity contribution >= 4 is 23.2 Å². The van der Waals surface area contributed by atoms with Gasteiger partial charge >= 0.3 is 0 Å². The minimum absolute atomic E-state index is 0.0537. The summed E-state index contributed by atoms with van der Waals surface area (Å²) in [4.78, 5) is 0. The van der Waals surface area contributed by atoms with E-state index >= 15 is 0 Å². The van der Waals surface area contributed by atoms with Crippen molar-refractivity contribution < 1.29 is 14.2 Å². The van der Waals surface area contributed by atoms with Crippen molar-refractivity contribution in [3.63, 3.8) is 0 Å². The molecular formula is C24H26Cl2O3. The lowest BCUT2D eigenvalue weighted by Crippen LogP contribution is -2.40. The summed E-state index contributed by atoms with van der Waals surface area (Å²) in [7, 11) is 0. The number of rotatable bonds is 2. The van der Waals surface area contributed by atoms with Gasteiger partial charge in [-0.3, -0.25) is 0 Å². The summed E-state index contributed by atoms with van der Waals surface area (Å²) in [6.45, 7) is 12.6. The molecule has 0 N–H and O–H groups in total. The second kappa shape index (κ2) is 6.37. The molecule has 0 aromatic heterocycles. The zero-order valence-electron chi connectivity index (χ0n) is 17.4. The third-order valence-corrected chi connectivity index (χ3v) is 7.16. The van der Waals surface area contributed by atoms with E-state index in [-0.39, 0.29) is 29.0 Å². The molecule has 29 heavy (non-hydrogen) atoms. The van der Waals surface area contributed by atoms with Crippen LogP contribution in [0.4, 0.5) is 0 Å². The van der Waals surface area contributed by atoms with Crippen molar-refractivity contribution in [3.8, 4) is 11.5 Å². The molecule has 2 fully saturated rings. The molecule has 3 aliphatic heterocycles. The third-order valence-electron chi connectivity index (χ3n) is 6.60. The van der Waals surface area contributed by atoms with Gasteiger partial charge in [0.1, 0.15) is 11.5 Å². The van der Waals surface area contributed by atoms with Crippen molar-refractivity contribution in [2.75, 3.05) is 13.2 Å². The standard InChI is InChI=1S/C24H26Cl2O3/c1-12-15-6-13(21-23(2,3)10-27-21)8-17(25)19(15)29-20-16(12)7-14(9-18(20)26)22-24(4,5)11-28-22/h6-9,12,21-22H,10-11H2,1-5H3. The highest BCUT2D eigenvalue weighted by Gasteiger charge is 2.44. The molecule has 154 valence electrons. The number of ether oxygens (including phenoxy) is 3. The van der Waals surface area contributed by atoms with E-state index in [4.69, 9.17) is 37.4 Å². The summed E-state index contributed by atoms with van der Waals surface area (Å²) >= 11 is 13.3. The average Bonchev–Trinajstić information content (AvgIpc) is 2.62. The first kappa shape index (κ1) is 19.7. The van der Waals surface area contributed by atoms with E-state index in [1.165, 1.54) is 0 Å². The van der Waals surface area contributed by atoms with Crippen LogP contribution in [-0.2, 0) is 9.47 Å². The minimum atomic E-state index is 0.0537. The molecular weight excluding hydrogens is 407 g/mol. The lowest BCUT2D eigenvalue weighted by Gasteiger charge is -2.45. The fourth-order valence-corrected chi connectivity index (χ4v) is 5.35. The average molecular weight is 433 g/mol. The van der Waals surface area contributed by atoms with Crippen molar-refractivity contribution in [1.82, 2.24) is 0 Å². The van der Waals surface area contributed by atoms with E-state index in [1.54, 1.807) is 0 Å². The molecule has 2 saturated heterocycles. The molecule has 0 spiro atoms. The number of hydrogen-bond donors (Lipinski definition) is 0. The first-order valence-corrected chi connectivity index (χ1v) is 10.9. The van der Waals surface area contributed by atoms with Gasteiger partial charge < -0.3 is 14.2 Å². The molecule has 2 atom stereocenters. The Balaban J connectivity index is 1.58. The van der Waals surface area contributed by atoms with Crippen molar-refractivity contribution in [2.24, 2.45) is 10.8 Å². The Morgan fingerprint density at radius 1 is 0.759 bits per heavy atom. The molecule has 5 rings (SSSR count). The highest BCUT2D eigenvalue weighted by atomic mass is 35.5. The van der Waals surface area contributed by atoms with Crippen molar-refractivity contribution in [2.45, 2.75) is 52.7 Å². The molecule has 2 aromatic carbocycles. The molecule has 0 saturated carbocycles. The monoisotopic (exact) mass is 432 g/mol. The normalized spacial score (nSPS) is 28.4. The van der Waals surface area contributed by atoms with Gasteiger partial charge in [0.2, 0.25) is 0 Å². The maximum Gasteiger partial charge on any atom is 0.149 e. The summed E-state index contributed by atoms with van der Waals surface area (Å²) in [6.07, 6.45) is 0.107. The van der Waals surface area contributed by atoms with E-state index in [2.05, 4.69) is 46.8 Å². The molecule has 2 aromatic rings. The predicted molar refractivity (Wildman–Crippen MR) is 115 cm³/mol. The Kier molecular flexibility index (Phi) is 4.32. The maximum absolute atomic E-state index is 6.66. The second-order valence-electron chi connectivity index (χ2n) is 10.0. The van der Waals surface area contributed by atoms with Crippen LogP contribution in [0.5, 0.6) is 11.5 Å². The van der Waals surface area contributed by atoms with Crippen molar-refractivity contribution in [3.05, 3.63) is 56.6 Å². The molecule has 2 unspecified atom stereocenters. The first-order chi connectivity index (χ1) is 13.6. The van der Waals surface area contributed by atoms with E-state index in [9.17, 15) is 0 Å². The summed E-state index contributed by atoms with van der Waals surface area (Å²) in [6, 6.07) is 8.31. The van der Waals surface area contributed by atoms with Gasteiger partial charge in [0.15, 0.2) is 0 Å². The molecule has 0 aliphatic carbocycles. The van der Waals surface area contributed by atoms with Gasteiger partial charge in [0.25, 0.3) is 0 Å². The largest absolute Gasteiger partial charge is 0.454 e. The molecule has 3 aliphatic rings. The Morgan fingerprint density at radius 2 is 1.17 bits per heavy atom. The van der Waals surface area contributed by atoms with E-state index < -0.39 is 0 Å². The van der Waals surface area contributed by atoms with Crippen LogP contribution in [0.15, 0.2) is 24.3 Å². The SMILES string of the molecule is CC1c2cc(C3OCC3(C)C)cc(Cl)c2Oc2c(Cl)cc(C3OCC3(C)C)cc21. The number of benzene rings is 2. The predicted octanol–water partition coefficient (Wildman–Crippen LogP) is 7.45. The van der Waals surface area contributed by atoms with E-state index in [1.807, 2.05) is 12.1 Å². The molecule has 5 heteroatoms. The fourth-order valence-electron chi connectivity index (χ4n) is 4.80.